The average molecular weight is 194 g/mol. The molecule has 13 heavy (non-hydrogen) atoms. The monoisotopic (exact) mass is 194 g/mol. The number of rotatable bonds is 0. The van der Waals surface area contributed by atoms with Gasteiger partial charge in [-0.3, -0.25) is 0 Å². The van der Waals surface area contributed by atoms with Gasteiger partial charge in [-0.15, -0.1) is 0 Å². The molecule has 0 aromatic carbocycles. The van der Waals surface area contributed by atoms with Crippen LogP contribution < -0.4 is 0 Å². The fourth-order valence-electron chi connectivity index (χ4n) is 1.99. The highest BCUT2D eigenvalue weighted by Gasteiger charge is 2.38. The van der Waals surface area contributed by atoms with Gasteiger partial charge in [-0.05, 0) is 18.8 Å². The summed E-state index contributed by atoms with van der Waals surface area (Å²) in [6.07, 6.45) is 0.273. The molecule has 0 aromatic rings. The van der Waals surface area contributed by atoms with Gasteiger partial charge in [0.25, 0.3) is 0 Å². The molecule has 0 saturated heterocycles. The second kappa shape index (κ2) is 4.34. The maximum absolute atomic E-state index is 12.4. The lowest BCUT2D eigenvalue weighted by molar-refractivity contribution is -0.180. The van der Waals surface area contributed by atoms with Crippen LogP contribution in [0.15, 0.2) is 0 Å². The smallest absolute Gasteiger partial charge is 0.171 e. The molecule has 0 heterocycles. The van der Waals surface area contributed by atoms with E-state index in [2.05, 4.69) is 6.92 Å². The van der Waals surface area contributed by atoms with Crippen LogP contribution in [0.1, 0.15) is 45.4 Å². The summed E-state index contributed by atoms with van der Waals surface area (Å²) in [5.74, 6) is -0.555. The van der Waals surface area contributed by atoms with Gasteiger partial charge in [0, 0.05) is 0 Å². The Bertz CT molecular complexity index is 151. The van der Waals surface area contributed by atoms with Gasteiger partial charge in [0.1, 0.15) is 0 Å². The molecule has 2 atom stereocenters. The molecule has 78 valence electrons. The first-order valence-electron chi connectivity index (χ1n) is 5.07. The van der Waals surface area contributed by atoms with Crippen LogP contribution in [0.4, 0.5) is 13.2 Å². The lowest BCUT2D eigenvalue weighted by Crippen LogP contribution is -2.24. The lowest BCUT2D eigenvalue weighted by atomic mass is 9.86. The first-order valence-corrected chi connectivity index (χ1v) is 5.07. The quantitative estimate of drug-likeness (QED) is 0.543. The summed E-state index contributed by atoms with van der Waals surface area (Å²) in [5.41, 5.74) is 0. The van der Waals surface area contributed by atoms with Crippen LogP contribution >= 0.6 is 0 Å². The zero-order chi connectivity index (χ0) is 9.90. The highest BCUT2D eigenvalue weighted by molar-refractivity contribution is 4.72. The van der Waals surface area contributed by atoms with Gasteiger partial charge in [-0.25, -0.2) is 0 Å². The van der Waals surface area contributed by atoms with Crippen molar-refractivity contribution in [2.24, 2.45) is 11.8 Å². The molecule has 1 aliphatic rings. The SMILES string of the molecule is C[C@@H]1CCCC[C@H](C(F)(F)F)CC1. The van der Waals surface area contributed by atoms with Gasteiger partial charge in [-0.1, -0.05) is 32.6 Å². The molecule has 0 unspecified atom stereocenters. The lowest BCUT2D eigenvalue weighted by Gasteiger charge is -2.24. The van der Waals surface area contributed by atoms with Crippen LogP contribution in [-0.2, 0) is 0 Å². The van der Waals surface area contributed by atoms with E-state index in [4.69, 9.17) is 0 Å². The molecule has 0 aromatic heterocycles. The molecule has 0 aliphatic heterocycles. The van der Waals surface area contributed by atoms with Crippen molar-refractivity contribution in [2.75, 3.05) is 0 Å². The first-order chi connectivity index (χ1) is 6.00. The van der Waals surface area contributed by atoms with E-state index in [0.29, 0.717) is 18.8 Å². The van der Waals surface area contributed by atoms with Gasteiger partial charge in [0.05, 0.1) is 5.92 Å². The Morgan fingerprint density at radius 1 is 0.923 bits per heavy atom. The Kier molecular flexibility index (Phi) is 3.63. The van der Waals surface area contributed by atoms with Crippen LogP contribution in [0, 0.1) is 11.8 Å². The zero-order valence-electron chi connectivity index (χ0n) is 8.03. The van der Waals surface area contributed by atoms with E-state index in [1.54, 1.807) is 0 Å². The van der Waals surface area contributed by atoms with Crippen LogP contribution in [0.25, 0.3) is 0 Å². The fraction of sp³-hybridized carbons (Fsp3) is 1.00. The molecule has 1 rings (SSSR count). The van der Waals surface area contributed by atoms with Crippen molar-refractivity contribution < 1.29 is 13.2 Å². The third-order valence-corrected chi connectivity index (χ3v) is 2.97. The van der Waals surface area contributed by atoms with Gasteiger partial charge in [0.2, 0.25) is 0 Å². The Morgan fingerprint density at radius 2 is 1.54 bits per heavy atom. The van der Waals surface area contributed by atoms with Crippen molar-refractivity contribution in [3.63, 3.8) is 0 Å². The summed E-state index contributed by atoms with van der Waals surface area (Å²) in [5, 5.41) is 0. The van der Waals surface area contributed by atoms with Gasteiger partial charge < -0.3 is 0 Å². The Morgan fingerprint density at radius 3 is 2.15 bits per heavy atom. The zero-order valence-corrected chi connectivity index (χ0v) is 8.03. The number of hydrogen-bond acceptors (Lipinski definition) is 0. The molecular formula is C10H17F3. The predicted molar refractivity (Wildman–Crippen MR) is 46.4 cm³/mol. The van der Waals surface area contributed by atoms with Crippen molar-refractivity contribution in [2.45, 2.75) is 51.6 Å². The minimum atomic E-state index is -3.96. The third-order valence-electron chi connectivity index (χ3n) is 2.97. The summed E-state index contributed by atoms with van der Waals surface area (Å²) in [6.45, 7) is 2.05. The first kappa shape index (κ1) is 10.9. The normalized spacial score (nSPS) is 32.3. The van der Waals surface area contributed by atoms with E-state index in [0.717, 1.165) is 25.7 Å². The topological polar surface area (TPSA) is 0 Å². The van der Waals surface area contributed by atoms with E-state index in [1.807, 2.05) is 0 Å². The van der Waals surface area contributed by atoms with Crippen molar-refractivity contribution in [3.8, 4) is 0 Å². The molecule has 1 aliphatic carbocycles. The molecule has 0 nitrogen and oxygen atoms in total. The maximum Gasteiger partial charge on any atom is 0.391 e. The number of alkyl halides is 3. The molecule has 0 bridgehead atoms. The largest absolute Gasteiger partial charge is 0.391 e. The maximum atomic E-state index is 12.4. The number of hydrogen-bond donors (Lipinski definition) is 0. The minimum absolute atomic E-state index is 0.338. The summed E-state index contributed by atoms with van der Waals surface area (Å²) in [4.78, 5) is 0. The van der Waals surface area contributed by atoms with E-state index in [9.17, 15) is 13.2 Å². The van der Waals surface area contributed by atoms with E-state index >= 15 is 0 Å². The fourth-order valence-corrected chi connectivity index (χ4v) is 1.99. The second-order valence-corrected chi connectivity index (χ2v) is 4.21. The molecule has 3 heteroatoms. The molecule has 0 radical (unpaired) electrons. The van der Waals surface area contributed by atoms with Crippen LogP contribution in [0.2, 0.25) is 0 Å². The highest BCUT2D eigenvalue weighted by atomic mass is 19.4. The summed E-state index contributed by atoms with van der Waals surface area (Å²) >= 11 is 0. The molecular weight excluding hydrogens is 177 g/mol. The van der Waals surface area contributed by atoms with Crippen LogP contribution in [0.3, 0.4) is 0 Å². The molecule has 0 N–H and O–H groups in total. The number of halogens is 3. The van der Waals surface area contributed by atoms with Crippen molar-refractivity contribution >= 4 is 0 Å². The molecule has 1 saturated carbocycles. The Balaban J connectivity index is 2.46. The third kappa shape index (κ3) is 3.57. The predicted octanol–water partition coefficient (Wildman–Crippen LogP) is 4.16. The molecule has 0 spiro atoms. The van der Waals surface area contributed by atoms with Crippen molar-refractivity contribution in [1.82, 2.24) is 0 Å². The summed E-state index contributed by atoms with van der Waals surface area (Å²) in [6, 6.07) is 0. The average Bonchev–Trinajstić information content (AvgIpc) is 1.94. The second-order valence-electron chi connectivity index (χ2n) is 4.21. The summed E-state index contributed by atoms with van der Waals surface area (Å²) in [7, 11) is 0. The van der Waals surface area contributed by atoms with E-state index in [1.165, 1.54) is 0 Å². The van der Waals surface area contributed by atoms with Gasteiger partial charge in [-0.2, -0.15) is 13.2 Å². The Labute approximate surface area is 77.5 Å². The van der Waals surface area contributed by atoms with E-state index < -0.39 is 12.1 Å². The van der Waals surface area contributed by atoms with Gasteiger partial charge in [0.15, 0.2) is 0 Å². The van der Waals surface area contributed by atoms with Crippen molar-refractivity contribution in [3.05, 3.63) is 0 Å². The van der Waals surface area contributed by atoms with Crippen LogP contribution in [0.5, 0.6) is 0 Å². The Hall–Kier alpha value is -0.210. The van der Waals surface area contributed by atoms with Crippen LogP contribution in [-0.4, -0.2) is 6.18 Å². The summed E-state index contributed by atoms with van der Waals surface area (Å²) < 4.78 is 37.1. The van der Waals surface area contributed by atoms with Crippen molar-refractivity contribution in [1.29, 1.82) is 0 Å². The minimum Gasteiger partial charge on any atom is -0.171 e. The van der Waals surface area contributed by atoms with E-state index in [-0.39, 0.29) is 0 Å². The molecule has 1 fully saturated rings. The molecule has 0 amide bonds. The highest BCUT2D eigenvalue weighted by Crippen LogP contribution is 2.36. The standard InChI is InChI=1S/C10H17F3/c1-8-4-2-3-5-9(7-6-8)10(11,12)13/h8-9H,2-7H2,1H3/t8-,9+/m1/s1. The van der Waals surface area contributed by atoms with Gasteiger partial charge >= 0.3 is 6.18 Å².